The van der Waals surface area contributed by atoms with E-state index < -0.39 is 0 Å². The summed E-state index contributed by atoms with van der Waals surface area (Å²) in [5.74, 6) is 0. The molecule has 0 unspecified atom stereocenters. The molecular formula is C11H14ClN. The van der Waals surface area contributed by atoms with Crippen LogP contribution in [-0.4, -0.2) is 13.1 Å². The molecule has 1 saturated heterocycles. The van der Waals surface area contributed by atoms with Crippen LogP contribution >= 0.6 is 11.6 Å². The van der Waals surface area contributed by atoms with Crippen LogP contribution in [0.25, 0.3) is 0 Å². The smallest absolute Gasteiger partial charge is 0.0407 e. The highest BCUT2D eigenvalue weighted by Gasteiger charge is 2.09. The number of rotatable bonds is 1. The Morgan fingerprint density at radius 2 is 1.54 bits per heavy atom. The minimum Gasteiger partial charge on any atom is -0.372 e. The Morgan fingerprint density at radius 1 is 0.923 bits per heavy atom. The Labute approximate surface area is 84.3 Å². The summed E-state index contributed by atoms with van der Waals surface area (Å²) in [6.07, 6.45) is 4.02. The van der Waals surface area contributed by atoms with Crippen LogP contribution < -0.4 is 4.90 Å². The van der Waals surface area contributed by atoms with Crippen molar-refractivity contribution in [1.82, 2.24) is 0 Å². The normalized spacial score (nSPS) is 17.5. The van der Waals surface area contributed by atoms with E-state index in [1.807, 2.05) is 12.1 Å². The fourth-order valence-corrected chi connectivity index (χ4v) is 1.93. The Bertz CT molecular complexity index is 262. The maximum atomic E-state index is 5.83. The van der Waals surface area contributed by atoms with Crippen LogP contribution in [0.5, 0.6) is 0 Å². The van der Waals surface area contributed by atoms with Crippen molar-refractivity contribution >= 4 is 17.3 Å². The summed E-state index contributed by atoms with van der Waals surface area (Å²) in [4.78, 5) is 2.43. The minimum absolute atomic E-state index is 0.820. The highest BCUT2D eigenvalue weighted by atomic mass is 35.5. The van der Waals surface area contributed by atoms with Gasteiger partial charge in [0.05, 0.1) is 0 Å². The Kier molecular flexibility index (Phi) is 2.74. The molecule has 0 N–H and O–H groups in total. The lowest BCUT2D eigenvalue weighted by Gasteiger charge is -2.28. The van der Waals surface area contributed by atoms with Gasteiger partial charge in [-0.2, -0.15) is 0 Å². The van der Waals surface area contributed by atoms with Crippen molar-refractivity contribution in [1.29, 1.82) is 0 Å². The first-order chi connectivity index (χ1) is 6.36. The standard InChI is InChI=1S/C11H14ClN/c12-10-4-6-11(7-5-10)13-8-2-1-3-9-13/h4-7H,1-3,8-9H2. The molecule has 70 valence electrons. The molecule has 0 amide bonds. The summed E-state index contributed by atoms with van der Waals surface area (Å²) >= 11 is 5.83. The molecule has 0 aliphatic carbocycles. The molecule has 2 rings (SSSR count). The molecule has 2 heteroatoms. The van der Waals surface area contributed by atoms with Gasteiger partial charge in [-0.1, -0.05) is 11.6 Å². The zero-order valence-corrected chi connectivity index (χ0v) is 8.43. The minimum atomic E-state index is 0.820. The first-order valence-corrected chi connectivity index (χ1v) is 5.24. The van der Waals surface area contributed by atoms with Gasteiger partial charge in [0.25, 0.3) is 0 Å². The van der Waals surface area contributed by atoms with Gasteiger partial charge in [-0.3, -0.25) is 0 Å². The van der Waals surface area contributed by atoms with E-state index in [0.717, 1.165) is 5.02 Å². The van der Waals surface area contributed by atoms with Crippen LogP contribution in [0.3, 0.4) is 0 Å². The predicted octanol–water partition coefficient (Wildman–Crippen LogP) is 3.33. The van der Waals surface area contributed by atoms with E-state index in [2.05, 4.69) is 17.0 Å². The van der Waals surface area contributed by atoms with Crippen molar-refractivity contribution < 1.29 is 0 Å². The molecule has 1 fully saturated rings. The largest absolute Gasteiger partial charge is 0.372 e. The van der Waals surface area contributed by atoms with E-state index in [0.29, 0.717) is 0 Å². The van der Waals surface area contributed by atoms with Gasteiger partial charge in [0.2, 0.25) is 0 Å². The van der Waals surface area contributed by atoms with Crippen molar-refractivity contribution in [2.24, 2.45) is 0 Å². The quantitative estimate of drug-likeness (QED) is 0.665. The zero-order chi connectivity index (χ0) is 9.10. The lowest BCUT2D eigenvalue weighted by atomic mass is 10.1. The molecule has 0 radical (unpaired) electrons. The average molecular weight is 196 g/mol. The third-order valence-corrected chi connectivity index (χ3v) is 2.80. The second kappa shape index (κ2) is 4.01. The first-order valence-electron chi connectivity index (χ1n) is 4.87. The molecule has 0 bridgehead atoms. The second-order valence-electron chi connectivity index (χ2n) is 3.52. The average Bonchev–Trinajstić information content (AvgIpc) is 2.20. The molecule has 13 heavy (non-hydrogen) atoms. The van der Waals surface area contributed by atoms with Gasteiger partial charge in [-0.15, -0.1) is 0 Å². The molecule has 1 aromatic carbocycles. The van der Waals surface area contributed by atoms with Gasteiger partial charge < -0.3 is 4.90 Å². The van der Waals surface area contributed by atoms with Crippen molar-refractivity contribution in [3.05, 3.63) is 29.3 Å². The topological polar surface area (TPSA) is 3.24 Å². The number of anilines is 1. The number of nitrogens with zero attached hydrogens (tertiary/aromatic N) is 1. The van der Waals surface area contributed by atoms with E-state index >= 15 is 0 Å². The lowest BCUT2D eigenvalue weighted by molar-refractivity contribution is 0.578. The lowest BCUT2D eigenvalue weighted by Crippen LogP contribution is -2.29. The van der Waals surface area contributed by atoms with Crippen molar-refractivity contribution in [2.45, 2.75) is 19.3 Å². The zero-order valence-electron chi connectivity index (χ0n) is 7.67. The van der Waals surface area contributed by atoms with Crippen LogP contribution in [0.1, 0.15) is 19.3 Å². The summed E-state index contributed by atoms with van der Waals surface area (Å²) in [7, 11) is 0. The molecule has 0 spiro atoms. The second-order valence-corrected chi connectivity index (χ2v) is 3.96. The highest BCUT2D eigenvalue weighted by Crippen LogP contribution is 2.21. The summed E-state index contributed by atoms with van der Waals surface area (Å²) in [5.41, 5.74) is 1.31. The summed E-state index contributed by atoms with van der Waals surface area (Å²) in [6, 6.07) is 8.14. The molecule has 1 aliphatic rings. The number of hydrogen-bond acceptors (Lipinski definition) is 1. The SMILES string of the molecule is Clc1ccc(N2CCCCC2)cc1. The molecule has 1 aliphatic heterocycles. The Balaban J connectivity index is 2.10. The van der Waals surface area contributed by atoms with E-state index in [9.17, 15) is 0 Å². The molecule has 0 aromatic heterocycles. The van der Waals surface area contributed by atoms with Crippen molar-refractivity contribution in [3.8, 4) is 0 Å². The van der Waals surface area contributed by atoms with Crippen LogP contribution in [0.15, 0.2) is 24.3 Å². The molecular weight excluding hydrogens is 182 g/mol. The fraction of sp³-hybridized carbons (Fsp3) is 0.455. The van der Waals surface area contributed by atoms with Gasteiger partial charge in [0.15, 0.2) is 0 Å². The van der Waals surface area contributed by atoms with Crippen molar-refractivity contribution in [3.63, 3.8) is 0 Å². The number of piperidine rings is 1. The highest BCUT2D eigenvalue weighted by molar-refractivity contribution is 6.30. The molecule has 0 saturated carbocycles. The van der Waals surface area contributed by atoms with Crippen LogP contribution in [0, 0.1) is 0 Å². The summed E-state index contributed by atoms with van der Waals surface area (Å²) < 4.78 is 0. The molecule has 1 heterocycles. The van der Waals surface area contributed by atoms with E-state index in [-0.39, 0.29) is 0 Å². The molecule has 1 aromatic rings. The third kappa shape index (κ3) is 2.16. The van der Waals surface area contributed by atoms with Crippen LogP contribution in [0.4, 0.5) is 5.69 Å². The van der Waals surface area contributed by atoms with Gasteiger partial charge in [0, 0.05) is 23.8 Å². The van der Waals surface area contributed by atoms with Crippen molar-refractivity contribution in [2.75, 3.05) is 18.0 Å². The summed E-state index contributed by atoms with van der Waals surface area (Å²) in [6.45, 7) is 2.39. The van der Waals surface area contributed by atoms with E-state index in [4.69, 9.17) is 11.6 Å². The van der Waals surface area contributed by atoms with E-state index in [1.54, 1.807) is 0 Å². The summed E-state index contributed by atoms with van der Waals surface area (Å²) in [5, 5.41) is 0.820. The molecule has 0 atom stereocenters. The Hall–Kier alpha value is -0.690. The first kappa shape index (κ1) is 8.89. The maximum absolute atomic E-state index is 5.83. The van der Waals surface area contributed by atoms with E-state index in [1.165, 1.54) is 38.0 Å². The Morgan fingerprint density at radius 3 is 2.15 bits per heavy atom. The number of halogens is 1. The predicted molar refractivity (Wildman–Crippen MR) is 57.5 cm³/mol. The number of hydrogen-bond donors (Lipinski definition) is 0. The maximum Gasteiger partial charge on any atom is 0.0407 e. The van der Waals surface area contributed by atoms with Gasteiger partial charge in [-0.05, 0) is 43.5 Å². The number of benzene rings is 1. The van der Waals surface area contributed by atoms with Gasteiger partial charge >= 0.3 is 0 Å². The monoisotopic (exact) mass is 195 g/mol. The van der Waals surface area contributed by atoms with Gasteiger partial charge in [-0.25, -0.2) is 0 Å². The van der Waals surface area contributed by atoms with Crippen LogP contribution in [-0.2, 0) is 0 Å². The van der Waals surface area contributed by atoms with Gasteiger partial charge in [0.1, 0.15) is 0 Å². The molecule has 1 nitrogen and oxygen atoms in total. The van der Waals surface area contributed by atoms with Crippen LogP contribution in [0.2, 0.25) is 5.02 Å². The fourth-order valence-electron chi connectivity index (χ4n) is 1.80. The third-order valence-electron chi connectivity index (χ3n) is 2.55.